The molecule has 0 fully saturated rings. The molecule has 2 nitrogen and oxygen atoms in total. The van der Waals surface area contributed by atoms with Gasteiger partial charge in [-0.3, -0.25) is 0 Å². The molecule has 0 aliphatic carbocycles. The van der Waals surface area contributed by atoms with E-state index in [4.69, 9.17) is 17.3 Å². The van der Waals surface area contributed by atoms with Gasteiger partial charge in [-0.1, -0.05) is 31.5 Å². The molecule has 1 aromatic carbocycles. The third-order valence-electron chi connectivity index (χ3n) is 3.48. The molecule has 0 saturated heterocycles. The van der Waals surface area contributed by atoms with Gasteiger partial charge >= 0.3 is 0 Å². The van der Waals surface area contributed by atoms with Crippen molar-refractivity contribution in [3.8, 4) is 0 Å². The second-order valence-electron chi connectivity index (χ2n) is 5.14. The lowest BCUT2D eigenvalue weighted by molar-refractivity contribution is 0.666. The molecule has 3 heteroatoms. The third-order valence-corrected chi connectivity index (χ3v) is 3.89. The highest BCUT2D eigenvalue weighted by Crippen LogP contribution is 2.32. The molecule has 2 rings (SSSR count). The maximum Gasteiger partial charge on any atom is 0.0527 e. The molecule has 0 bridgehead atoms. The average Bonchev–Trinajstić information content (AvgIpc) is 2.71. The fourth-order valence-electron chi connectivity index (χ4n) is 2.48. The van der Waals surface area contributed by atoms with Crippen molar-refractivity contribution in [2.75, 3.05) is 6.54 Å². The summed E-state index contributed by atoms with van der Waals surface area (Å²) < 4.78 is 2.30. The standard InChI is InChI=1S/C15H21ClN2/c1-10(2)13-9-18(8-4-7-17)15-11(3)14(16)6-5-12(13)15/h5-6,9-10H,4,7-8,17H2,1-3H3. The summed E-state index contributed by atoms with van der Waals surface area (Å²) in [4.78, 5) is 0. The number of hydrogen-bond acceptors (Lipinski definition) is 1. The number of aryl methyl sites for hydroxylation is 2. The van der Waals surface area contributed by atoms with Gasteiger partial charge in [0.25, 0.3) is 0 Å². The lowest BCUT2D eigenvalue weighted by Gasteiger charge is -2.07. The molecule has 98 valence electrons. The molecule has 0 atom stereocenters. The van der Waals surface area contributed by atoms with Crippen LogP contribution in [0.15, 0.2) is 18.3 Å². The Balaban J connectivity index is 2.65. The number of hydrogen-bond donors (Lipinski definition) is 1. The van der Waals surface area contributed by atoms with Crippen molar-refractivity contribution in [1.82, 2.24) is 4.57 Å². The second kappa shape index (κ2) is 5.33. The monoisotopic (exact) mass is 264 g/mol. The van der Waals surface area contributed by atoms with Gasteiger partial charge in [0, 0.05) is 23.2 Å². The Morgan fingerprint density at radius 1 is 1.33 bits per heavy atom. The third kappa shape index (κ3) is 2.27. The highest BCUT2D eigenvalue weighted by molar-refractivity contribution is 6.32. The first-order valence-corrected chi connectivity index (χ1v) is 6.92. The largest absolute Gasteiger partial charge is 0.347 e. The number of benzene rings is 1. The van der Waals surface area contributed by atoms with Crippen molar-refractivity contribution in [3.05, 3.63) is 34.5 Å². The van der Waals surface area contributed by atoms with Crippen LogP contribution in [0.2, 0.25) is 5.02 Å². The smallest absolute Gasteiger partial charge is 0.0527 e. The number of halogens is 1. The Bertz CT molecular complexity index is 555. The van der Waals surface area contributed by atoms with Gasteiger partial charge in [0.1, 0.15) is 0 Å². The van der Waals surface area contributed by atoms with E-state index in [2.05, 4.69) is 37.6 Å². The minimum atomic E-state index is 0.521. The lowest BCUT2D eigenvalue weighted by atomic mass is 10.0. The van der Waals surface area contributed by atoms with Gasteiger partial charge < -0.3 is 10.3 Å². The van der Waals surface area contributed by atoms with Crippen molar-refractivity contribution >= 4 is 22.5 Å². The van der Waals surface area contributed by atoms with Crippen LogP contribution < -0.4 is 5.73 Å². The molecular formula is C15H21ClN2. The van der Waals surface area contributed by atoms with E-state index in [0.717, 1.165) is 30.1 Å². The minimum absolute atomic E-state index is 0.521. The summed E-state index contributed by atoms with van der Waals surface area (Å²) in [6.07, 6.45) is 3.25. The molecular weight excluding hydrogens is 244 g/mol. The Morgan fingerprint density at radius 2 is 2.06 bits per heavy atom. The van der Waals surface area contributed by atoms with Crippen LogP contribution >= 0.6 is 11.6 Å². The highest BCUT2D eigenvalue weighted by Gasteiger charge is 2.14. The van der Waals surface area contributed by atoms with E-state index in [9.17, 15) is 0 Å². The van der Waals surface area contributed by atoms with E-state index < -0.39 is 0 Å². The maximum atomic E-state index is 6.24. The molecule has 2 N–H and O–H groups in total. The summed E-state index contributed by atoms with van der Waals surface area (Å²) in [5.74, 6) is 0.521. The van der Waals surface area contributed by atoms with Gasteiger partial charge in [0.2, 0.25) is 0 Å². The Labute approximate surface area is 114 Å². The van der Waals surface area contributed by atoms with Crippen LogP contribution in [0.4, 0.5) is 0 Å². The first-order chi connectivity index (χ1) is 8.56. The van der Waals surface area contributed by atoms with Crippen molar-refractivity contribution in [3.63, 3.8) is 0 Å². The molecule has 1 aromatic heterocycles. The van der Waals surface area contributed by atoms with Crippen molar-refractivity contribution in [2.24, 2.45) is 5.73 Å². The van der Waals surface area contributed by atoms with Gasteiger partial charge in [-0.05, 0) is 43.0 Å². The van der Waals surface area contributed by atoms with Crippen LogP contribution in [0.5, 0.6) is 0 Å². The molecule has 0 aliphatic rings. The number of fused-ring (bicyclic) bond motifs is 1. The molecule has 0 unspecified atom stereocenters. The summed E-state index contributed by atoms with van der Waals surface area (Å²) in [6.45, 7) is 8.23. The van der Waals surface area contributed by atoms with Crippen molar-refractivity contribution in [2.45, 2.75) is 39.7 Å². The zero-order valence-electron chi connectivity index (χ0n) is 11.3. The van der Waals surface area contributed by atoms with Gasteiger partial charge in [-0.2, -0.15) is 0 Å². The molecule has 0 aliphatic heterocycles. The maximum absolute atomic E-state index is 6.24. The average molecular weight is 265 g/mol. The summed E-state index contributed by atoms with van der Waals surface area (Å²) >= 11 is 6.24. The van der Waals surface area contributed by atoms with Gasteiger partial charge in [-0.15, -0.1) is 0 Å². The topological polar surface area (TPSA) is 30.9 Å². The first-order valence-electron chi connectivity index (χ1n) is 6.54. The highest BCUT2D eigenvalue weighted by atomic mass is 35.5. The van der Waals surface area contributed by atoms with Crippen LogP contribution in [-0.2, 0) is 6.54 Å². The predicted octanol–water partition coefficient (Wildman–Crippen LogP) is 4.08. The zero-order chi connectivity index (χ0) is 13.3. The molecule has 0 saturated carbocycles. The van der Waals surface area contributed by atoms with Crippen LogP contribution in [0, 0.1) is 6.92 Å². The van der Waals surface area contributed by atoms with E-state index >= 15 is 0 Å². The van der Waals surface area contributed by atoms with Gasteiger partial charge in [0.05, 0.1) is 5.52 Å². The van der Waals surface area contributed by atoms with Crippen molar-refractivity contribution in [1.29, 1.82) is 0 Å². The van der Waals surface area contributed by atoms with Crippen LogP contribution in [0.1, 0.15) is 37.3 Å². The van der Waals surface area contributed by atoms with E-state index in [0.29, 0.717) is 5.92 Å². The predicted molar refractivity (Wildman–Crippen MR) is 79.4 cm³/mol. The first kappa shape index (κ1) is 13.4. The summed E-state index contributed by atoms with van der Waals surface area (Å²) in [5.41, 5.74) is 9.43. The molecule has 0 spiro atoms. The Kier molecular flexibility index (Phi) is 3.98. The van der Waals surface area contributed by atoms with E-state index in [1.165, 1.54) is 16.5 Å². The minimum Gasteiger partial charge on any atom is -0.347 e. The molecule has 1 heterocycles. The summed E-state index contributed by atoms with van der Waals surface area (Å²) in [7, 11) is 0. The number of nitrogens with two attached hydrogens (primary N) is 1. The SMILES string of the molecule is Cc1c(Cl)ccc2c(C(C)C)cn(CCCN)c12. The number of aromatic nitrogens is 1. The summed E-state index contributed by atoms with van der Waals surface area (Å²) in [6, 6.07) is 4.14. The van der Waals surface area contributed by atoms with Crippen LogP contribution in [0.3, 0.4) is 0 Å². The zero-order valence-corrected chi connectivity index (χ0v) is 12.1. The lowest BCUT2D eigenvalue weighted by Crippen LogP contribution is -2.05. The van der Waals surface area contributed by atoms with Crippen molar-refractivity contribution < 1.29 is 0 Å². The normalized spacial score (nSPS) is 11.7. The quantitative estimate of drug-likeness (QED) is 0.887. The summed E-state index contributed by atoms with van der Waals surface area (Å²) in [5, 5.41) is 2.16. The van der Waals surface area contributed by atoms with E-state index in [1.54, 1.807) is 0 Å². The number of nitrogens with zero attached hydrogens (tertiary/aromatic N) is 1. The molecule has 0 radical (unpaired) electrons. The van der Waals surface area contributed by atoms with Crippen LogP contribution in [0.25, 0.3) is 10.9 Å². The Morgan fingerprint density at radius 3 is 2.67 bits per heavy atom. The van der Waals surface area contributed by atoms with E-state index in [1.807, 2.05) is 6.07 Å². The molecule has 2 aromatic rings. The van der Waals surface area contributed by atoms with Gasteiger partial charge in [-0.25, -0.2) is 0 Å². The second-order valence-corrected chi connectivity index (χ2v) is 5.55. The van der Waals surface area contributed by atoms with Crippen LogP contribution in [-0.4, -0.2) is 11.1 Å². The van der Waals surface area contributed by atoms with E-state index in [-0.39, 0.29) is 0 Å². The fourth-order valence-corrected chi connectivity index (χ4v) is 2.63. The number of rotatable bonds is 4. The Hall–Kier alpha value is -0.990. The molecule has 0 amide bonds. The van der Waals surface area contributed by atoms with Gasteiger partial charge in [0.15, 0.2) is 0 Å². The fraction of sp³-hybridized carbons (Fsp3) is 0.467. The molecule has 18 heavy (non-hydrogen) atoms.